The second-order valence-electron chi connectivity index (χ2n) is 4.33. The second-order valence-corrected chi connectivity index (χ2v) is 4.33. The van der Waals surface area contributed by atoms with Gasteiger partial charge < -0.3 is 16.4 Å². The fraction of sp³-hybridized carbons (Fsp3) is 0.900. The molecule has 1 rings (SSSR count). The maximum Gasteiger partial charge on any atom is 0.315 e. The molecule has 82 valence electrons. The van der Waals surface area contributed by atoms with E-state index in [1.165, 1.54) is 12.8 Å². The Bertz CT molecular complexity index is 194. The highest BCUT2D eigenvalue weighted by atomic mass is 16.2. The van der Waals surface area contributed by atoms with Crippen LogP contribution in [-0.4, -0.2) is 24.2 Å². The minimum Gasteiger partial charge on any atom is -0.336 e. The van der Waals surface area contributed by atoms with Gasteiger partial charge in [-0.15, -0.1) is 0 Å². The molecular formula is C10H21N3O. The fourth-order valence-electron chi connectivity index (χ4n) is 1.81. The van der Waals surface area contributed by atoms with Gasteiger partial charge in [0, 0.05) is 18.1 Å². The molecule has 0 spiro atoms. The highest BCUT2D eigenvalue weighted by molar-refractivity contribution is 5.74. The molecule has 2 atom stereocenters. The van der Waals surface area contributed by atoms with Crippen LogP contribution in [0.3, 0.4) is 0 Å². The third-order valence-electron chi connectivity index (χ3n) is 2.56. The van der Waals surface area contributed by atoms with Crippen molar-refractivity contribution in [1.82, 2.24) is 10.6 Å². The van der Waals surface area contributed by atoms with Crippen LogP contribution in [-0.2, 0) is 0 Å². The third kappa shape index (κ3) is 3.54. The molecule has 0 aromatic rings. The molecule has 1 saturated carbocycles. The van der Waals surface area contributed by atoms with Crippen molar-refractivity contribution in [1.29, 1.82) is 0 Å². The summed E-state index contributed by atoms with van der Waals surface area (Å²) in [6.07, 6.45) is 4.38. The Kier molecular flexibility index (Phi) is 4.20. The van der Waals surface area contributed by atoms with Gasteiger partial charge in [-0.25, -0.2) is 4.79 Å². The molecule has 1 fully saturated rings. The first kappa shape index (κ1) is 11.3. The molecule has 0 heterocycles. The first-order chi connectivity index (χ1) is 6.59. The van der Waals surface area contributed by atoms with Crippen molar-refractivity contribution in [3.8, 4) is 0 Å². The van der Waals surface area contributed by atoms with E-state index in [2.05, 4.69) is 10.6 Å². The van der Waals surface area contributed by atoms with Crippen molar-refractivity contribution in [2.75, 3.05) is 0 Å². The number of hydrogen-bond donors (Lipinski definition) is 3. The SMILES string of the molecule is CC(C)NC(=O)N[C@@H]1CCCC[C@H]1N. The number of carbonyl (C=O) groups excluding carboxylic acids is 1. The van der Waals surface area contributed by atoms with E-state index in [1.54, 1.807) is 0 Å². The summed E-state index contributed by atoms with van der Waals surface area (Å²) in [6.45, 7) is 3.89. The van der Waals surface area contributed by atoms with E-state index in [4.69, 9.17) is 5.73 Å². The summed E-state index contributed by atoms with van der Waals surface area (Å²) in [5.41, 5.74) is 5.92. The molecule has 4 heteroatoms. The van der Waals surface area contributed by atoms with E-state index in [0.29, 0.717) is 0 Å². The van der Waals surface area contributed by atoms with Crippen LogP contribution in [0.25, 0.3) is 0 Å². The highest BCUT2D eigenvalue weighted by Crippen LogP contribution is 2.16. The molecule has 1 aliphatic carbocycles. The van der Waals surface area contributed by atoms with Crippen LogP contribution in [0, 0.1) is 0 Å². The van der Waals surface area contributed by atoms with E-state index in [0.717, 1.165) is 12.8 Å². The summed E-state index contributed by atoms with van der Waals surface area (Å²) in [7, 11) is 0. The van der Waals surface area contributed by atoms with Crippen LogP contribution >= 0.6 is 0 Å². The zero-order valence-corrected chi connectivity index (χ0v) is 9.05. The van der Waals surface area contributed by atoms with Gasteiger partial charge in [0.15, 0.2) is 0 Å². The summed E-state index contributed by atoms with van der Waals surface area (Å²) in [5.74, 6) is 0. The number of nitrogens with one attached hydrogen (secondary N) is 2. The normalized spacial score (nSPS) is 27.4. The van der Waals surface area contributed by atoms with Crippen molar-refractivity contribution in [3.63, 3.8) is 0 Å². The number of hydrogen-bond acceptors (Lipinski definition) is 2. The van der Waals surface area contributed by atoms with Crippen LogP contribution in [0.15, 0.2) is 0 Å². The monoisotopic (exact) mass is 199 g/mol. The standard InChI is InChI=1S/C10H21N3O/c1-7(2)12-10(14)13-9-6-4-3-5-8(9)11/h7-9H,3-6,11H2,1-2H3,(H2,12,13,14)/t8-,9-/m1/s1. The third-order valence-corrected chi connectivity index (χ3v) is 2.56. The van der Waals surface area contributed by atoms with Crippen molar-refractivity contribution in [2.45, 2.75) is 57.7 Å². The average molecular weight is 199 g/mol. The molecule has 0 unspecified atom stereocenters. The zero-order valence-electron chi connectivity index (χ0n) is 9.05. The topological polar surface area (TPSA) is 67.2 Å². The lowest BCUT2D eigenvalue weighted by Gasteiger charge is -2.29. The Morgan fingerprint density at radius 2 is 2.00 bits per heavy atom. The van der Waals surface area contributed by atoms with Gasteiger partial charge in [-0.3, -0.25) is 0 Å². The van der Waals surface area contributed by atoms with Crippen LogP contribution in [0.4, 0.5) is 4.79 Å². The quantitative estimate of drug-likeness (QED) is 0.620. The lowest BCUT2D eigenvalue weighted by Crippen LogP contribution is -2.53. The van der Waals surface area contributed by atoms with E-state index >= 15 is 0 Å². The van der Waals surface area contributed by atoms with Crippen molar-refractivity contribution in [3.05, 3.63) is 0 Å². The first-order valence-electron chi connectivity index (χ1n) is 5.42. The summed E-state index contributed by atoms with van der Waals surface area (Å²) in [4.78, 5) is 11.4. The van der Waals surface area contributed by atoms with Crippen LogP contribution in [0.2, 0.25) is 0 Å². The number of carbonyl (C=O) groups is 1. The first-order valence-corrected chi connectivity index (χ1v) is 5.42. The number of nitrogens with two attached hydrogens (primary N) is 1. The summed E-state index contributed by atoms with van der Waals surface area (Å²) >= 11 is 0. The fourth-order valence-corrected chi connectivity index (χ4v) is 1.81. The molecule has 0 saturated heterocycles. The lowest BCUT2D eigenvalue weighted by atomic mass is 9.91. The van der Waals surface area contributed by atoms with Gasteiger partial charge in [0.1, 0.15) is 0 Å². The second kappa shape index (κ2) is 5.20. The van der Waals surface area contributed by atoms with E-state index in [-0.39, 0.29) is 24.2 Å². The minimum atomic E-state index is -0.0950. The maximum absolute atomic E-state index is 11.4. The largest absolute Gasteiger partial charge is 0.336 e. The van der Waals surface area contributed by atoms with Gasteiger partial charge >= 0.3 is 6.03 Å². The summed E-state index contributed by atoms with van der Waals surface area (Å²) < 4.78 is 0. The Hall–Kier alpha value is -0.770. The Morgan fingerprint density at radius 3 is 2.57 bits per heavy atom. The maximum atomic E-state index is 11.4. The van der Waals surface area contributed by atoms with Crippen molar-refractivity contribution >= 4 is 6.03 Å². The molecule has 0 bridgehead atoms. The molecule has 0 aromatic carbocycles. The van der Waals surface area contributed by atoms with Gasteiger partial charge in [0.2, 0.25) is 0 Å². The Morgan fingerprint density at radius 1 is 1.36 bits per heavy atom. The van der Waals surface area contributed by atoms with Gasteiger partial charge in [0.05, 0.1) is 0 Å². The van der Waals surface area contributed by atoms with Crippen LogP contribution in [0.1, 0.15) is 39.5 Å². The van der Waals surface area contributed by atoms with Gasteiger partial charge in [0.25, 0.3) is 0 Å². The van der Waals surface area contributed by atoms with E-state index < -0.39 is 0 Å². The molecule has 0 aliphatic heterocycles. The van der Waals surface area contributed by atoms with E-state index in [9.17, 15) is 4.79 Å². The average Bonchev–Trinajstić information content (AvgIpc) is 2.07. The van der Waals surface area contributed by atoms with Gasteiger partial charge in [-0.2, -0.15) is 0 Å². The predicted octanol–water partition coefficient (Wildman–Crippen LogP) is 0.964. The molecular weight excluding hydrogens is 178 g/mol. The number of amides is 2. The molecule has 1 aliphatic rings. The number of urea groups is 1. The van der Waals surface area contributed by atoms with Gasteiger partial charge in [-0.1, -0.05) is 12.8 Å². The van der Waals surface area contributed by atoms with Crippen molar-refractivity contribution < 1.29 is 4.79 Å². The molecule has 4 N–H and O–H groups in total. The molecule has 4 nitrogen and oxygen atoms in total. The lowest BCUT2D eigenvalue weighted by molar-refractivity contribution is 0.227. The smallest absolute Gasteiger partial charge is 0.315 e. The Balaban J connectivity index is 2.31. The van der Waals surface area contributed by atoms with Crippen molar-refractivity contribution in [2.24, 2.45) is 5.73 Å². The molecule has 0 radical (unpaired) electrons. The zero-order chi connectivity index (χ0) is 10.6. The summed E-state index contributed by atoms with van der Waals surface area (Å²) in [6, 6.07) is 0.362. The number of rotatable bonds is 2. The highest BCUT2D eigenvalue weighted by Gasteiger charge is 2.23. The Labute approximate surface area is 85.6 Å². The molecule has 14 heavy (non-hydrogen) atoms. The van der Waals surface area contributed by atoms with E-state index in [1.807, 2.05) is 13.8 Å². The summed E-state index contributed by atoms with van der Waals surface area (Å²) in [5, 5.41) is 5.73. The molecule has 0 aromatic heterocycles. The van der Waals surface area contributed by atoms with Crippen LogP contribution in [0.5, 0.6) is 0 Å². The van der Waals surface area contributed by atoms with Crippen LogP contribution < -0.4 is 16.4 Å². The predicted molar refractivity (Wildman–Crippen MR) is 57.0 cm³/mol. The molecule has 2 amide bonds. The minimum absolute atomic E-state index is 0.0950. The van der Waals surface area contributed by atoms with Gasteiger partial charge in [-0.05, 0) is 26.7 Å².